The van der Waals surface area contributed by atoms with Gasteiger partial charge in [0, 0.05) is 4.70 Å². The number of aliphatic hydroxyl groups excluding tert-OH is 1. The number of pyridine rings is 1. The minimum absolute atomic E-state index is 0.132. The van der Waals surface area contributed by atoms with Gasteiger partial charge in [-0.05, 0) is 61.0 Å². The summed E-state index contributed by atoms with van der Waals surface area (Å²) in [5, 5.41) is 10.7. The number of fused-ring (bicyclic) bond motifs is 2. The molecule has 0 saturated heterocycles. The smallest absolute Gasteiger partial charge is 0.265 e. The highest BCUT2D eigenvalue weighted by molar-refractivity contribution is 7.90. The zero-order valence-electron chi connectivity index (χ0n) is 21.8. The van der Waals surface area contributed by atoms with Crippen LogP contribution in [-0.2, 0) is 10.0 Å². The summed E-state index contributed by atoms with van der Waals surface area (Å²) in [6.07, 6.45) is -0.337. The van der Waals surface area contributed by atoms with Gasteiger partial charge in [0.1, 0.15) is 11.9 Å². The van der Waals surface area contributed by atoms with Crippen molar-refractivity contribution in [2.45, 2.75) is 26.9 Å². The Bertz CT molecular complexity index is 1800. The van der Waals surface area contributed by atoms with Crippen molar-refractivity contribution < 1.29 is 23.1 Å². The fourth-order valence-electron chi connectivity index (χ4n) is 4.61. The van der Waals surface area contributed by atoms with Crippen molar-refractivity contribution in [3.05, 3.63) is 95.1 Å². The van der Waals surface area contributed by atoms with Crippen molar-refractivity contribution in [1.82, 2.24) is 9.71 Å². The van der Waals surface area contributed by atoms with Gasteiger partial charge < -0.3 is 9.84 Å². The molecule has 9 heteroatoms. The minimum Gasteiger partial charge on any atom is -0.485 e. The molecule has 7 nitrogen and oxygen atoms in total. The minimum atomic E-state index is -4.05. The van der Waals surface area contributed by atoms with Crippen LogP contribution >= 0.6 is 11.3 Å². The average molecular weight is 561 g/mol. The van der Waals surface area contributed by atoms with Gasteiger partial charge >= 0.3 is 0 Å². The van der Waals surface area contributed by atoms with E-state index in [0.717, 1.165) is 31.7 Å². The topological polar surface area (TPSA) is 106 Å². The molecule has 0 bridgehead atoms. The molecule has 0 radical (unpaired) electrons. The van der Waals surface area contributed by atoms with Gasteiger partial charge in [-0.15, -0.1) is 11.3 Å². The highest BCUT2D eigenvalue weighted by atomic mass is 32.2. The Hall–Kier alpha value is -3.79. The van der Waals surface area contributed by atoms with E-state index in [9.17, 15) is 18.3 Å². The molecule has 0 fully saturated rings. The number of nitrogens with one attached hydrogen (secondary N) is 1. The molecule has 3 aromatic carbocycles. The summed E-state index contributed by atoms with van der Waals surface area (Å²) < 4.78 is 34.5. The Balaban J connectivity index is 1.72. The van der Waals surface area contributed by atoms with Crippen molar-refractivity contribution >= 4 is 48.3 Å². The fourth-order valence-corrected chi connectivity index (χ4v) is 6.51. The molecule has 0 spiro atoms. The molecular weight excluding hydrogens is 532 g/mol. The first kappa shape index (κ1) is 26.8. The first-order valence-corrected chi connectivity index (χ1v) is 15.0. The van der Waals surface area contributed by atoms with Gasteiger partial charge in [0.15, 0.2) is 0 Å². The van der Waals surface area contributed by atoms with Crippen LogP contribution in [0.2, 0.25) is 0 Å². The van der Waals surface area contributed by atoms with Crippen LogP contribution in [-0.4, -0.2) is 36.8 Å². The standard InChI is InChI=1S/C30H28N2O5S2/c1-18-13-14-25(37-20(3)21-9-5-4-6-10-21)27-23(30(34)32-39(35,36)16-15-33)17-24(31-28(18)27)29-19(2)22-11-7-8-12-26(22)38-29/h4-14,17,20,33H,15-16H2,1-3H3,(H,32,34)/t20-/m1/s1. The maximum Gasteiger partial charge on any atom is 0.265 e. The summed E-state index contributed by atoms with van der Waals surface area (Å²) in [6, 6.07) is 23.0. The predicted octanol–water partition coefficient (Wildman–Crippen LogP) is 5.93. The van der Waals surface area contributed by atoms with Crippen molar-refractivity contribution in [2.24, 2.45) is 0 Å². The quantitative estimate of drug-likeness (QED) is 0.244. The molecule has 1 atom stereocenters. The number of carbonyl (C=O) groups excluding carboxylic acids is 1. The summed E-state index contributed by atoms with van der Waals surface area (Å²) in [4.78, 5) is 19.4. The maximum atomic E-state index is 13.6. The SMILES string of the molecule is Cc1c(-c2cc(C(=O)NS(=O)(=O)CCO)c3c(O[C@H](C)c4ccccc4)ccc(C)c3n2)sc2ccccc12. The van der Waals surface area contributed by atoms with E-state index in [1.165, 1.54) is 0 Å². The van der Waals surface area contributed by atoms with Gasteiger partial charge in [0.25, 0.3) is 5.91 Å². The van der Waals surface area contributed by atoms with E-state index in [1.807, 2.05) is 81.4 Å². The number of sulfonamides is 1. The lowest BCUT2D eigenvalue weighted by molar-refractivity contribution is 0.0982. The largest absolute Gasteiger partial charge is 0.485 e. The summed E-state index contributed by atoms with van der Waals surface area (Å²) >= 11 is 1.57. The summed E-state index contributed by atoms with van der Waals surface area (Å²) in [5.41, 5.74) is 4.05. The third-order valence-electron chi connectivity index (χ3n) is 6.63. The Morgan fingerprint density at radius 2 is 1.77 bits per heavy atom. The monoisotopic (exact) mass is 560 g/mol. The number of thiophene rings is 1. The third kappa shape index (κ3) is 5.38. The zero-order valence-corrected chi connectivity index (χ0v) is 23.4. The lowest BCUT2D eigenvalue weighted by Crippen LogP contribution is -2.33. The second kappa shape index (κ2) is 10.8. The number of ether oxygens (including phenoxy) is 1. The van der Waals surface area contributed by atoms with Crippen molar-refractivity contribution in [1.29, 1.82) is 0 Å². The molecular formula is C30H28N2O5S2. The van der Waals surface area contributed by atoms with E-state index in [-0.39, 0.29) is 11.7 Å². The van der Waals surface area contributed by atoms with Crippen LogP contribution in [0.1, 0.15) is 40.1 Å². The zero-order chi connectivity index (χ0) is 27.7. The summed E-state index contributed by atoms with van der Waals surface area (Å²) in [5.74, 6) is -0.972. The second-order valence-electron chi connectivity index (χ2n) is 9.36. The van der Waals surface area contributed by atoms with Crippen LogP contribution in [0.15, 0.2) is 72.8 Å². The number of aromatic nitrogens is 1. The highest BCUT2D eigenvalue weighted by Crippen LogP contribution is 2.41. The van der Waals surface area contributed by atoms with Gasteiger partial charge in [-0.2, -0.15) is 0 Å². The fraction of sp³-hybridized carbons (Fsp3) is 0.200. The number of aliphatic hydroxyl groups is 1. The van der Waals surface area contributed by atoms with E-state index in [2.05, 4.69) is 4.72 Å². The van der Waals surface area contributed by atoms with Crippen molar-refractivity contribution in [3.63, 3.8) is 0 Å². The normalized spacial score (nSPS) is 12.5. The number of carbonyl (C=O) groups is 1. The number of rotatable bonds is 8. The molecule has 2 heterocycles. The second-order valence-corrected chi connectivity index (χ2v) is 12.3. The van der Waals surface area contributed by atoms with E-state index in [1.54, 1.807) is 23.5 Å². The summed E-state index contributed by atoms with van der Waals surface area (Å²) in [6.45, 7) is 5.22. The number of amides is 1. The highest BCUT2D eigenvalue weighted by Gasteiger charge is 2.24. The molecule has 39 heavy (non-hydrogen) atoms. The van der Waals surface area contributed by atoms with Crippen LogP contribution in [0.25, 0.3) is 31.6 Å². The number of hydrogen-bond acceptors (Lipinski definition) is 7. The predicted molar refractivity (Wildman–Crippen MR) is 156 cm³/mol. The molecule has 0 saturated carbocycles. The number of hydrogen-bond donors (Lipinski definition) is 2. The molecule has 0 aliphatic carbocycles. The molecule has 0 aliphatic rings. The van der Waals surface area contributed by atoms with E-state index in [0.29, 0.717) is 22.3 Å². The van der Waals surface area contributed by atoms with Crippen LogP contribution < -0.4 is 9.46 Å². The van der Waals surface area contributed by atoms with Gasteiger partial charge in [-0.3, -0.25) is 4.79 Å². The first-order valence-electron chi connectivity index (χ1n) is 12.5. The Morgan fingerprint density at radius 1 is 1.05 bits per heavy atom. The van der Waals surface area contributed by atoms with Gasteiger partial charge in [-0.25, -0.2) is 18.1 Å². The molecule has 2 aromatic heterocycles. The van der Waals surface area contributed by atoms with Crippen molar-refractivity contribution in [3.8, 4) is 16.3 Å². The Morgan fingerprint density at radius 3 is 2.49 bits per heavy atom. The molecule has 1 amide bonds. The molecule has 5 rings (SSSR count). The maximum absolute atomic E-state index is 13.6. The summed E-state index contributed by atoms with van der Waals surface area (Å²) in [7, 11) is -4.05. The van der Waals surface area contributed by atoms with Crippen LogP contribution in [0.3, 0.4) is 0 Å². The van der Waals surface area contributed by atoms with E-state index < -0.39 is 28.3 Å². The average Bonchev–Trinajstić information content (AvgIpc) is 3.26. The lowest BCUT2D eigenvalue weighted by Gasteiger charge is -2.19. The Kier molecular flexibility index (Phi) is 7.40. The van der Waals surface area contributed by atoms with Gasteiger partial charge in [-0.1, -0.05) is 54.6 Å². The Labute approximate surface area is 231 Å². The molecule has 200 valence electrons. The van der Waals surface area contributed by atoms with Gasteiger partial charge in [0.05, 0.1) is 39.4 Å². The first-order chi connectivity index (χ1) is 18.7. The third-order valence-corrected chi connectivity index (χ3v) is 9.14. The van der Waals surface area contributed by atoms with Crippen molar-refractivity contribution in [2.75, 3.05) is 12.4 Å². The van der Waals surface area contributed by atoms with E-state index in [4.69, 9.17) is 9.72 Å². The number of nitrogens with zero attached hydrogens (tertiary/aromatic N) is 1. The molecule has 2 N–H and O–H groups in total. The number of benzene rings is 3. The van der Waals surface area contributed by atoms with E-state index >= 15 is 0 Å². The molecule has 5 aromatic rings. The lowest BCUT2D eigenvalue weighted by atomic mass is 10.0. The van der Waals surface area contributed by atoms with Crippen LogP contribution in [0, 0.1) is 13.8 Å². The molecule has 0 unspecified atom stereocenters. The number of aryl methyl sites for hydroxylation is 2. The van der Waals surface area contributed by atoms with Crippen LogP contribution in [0.5, 0.6) is 5.75 Å². The molecule has 0 aliphatic heterocycles. The van der Waals surface area contributed by atoms with Gasteiger partial charge in [0.2, 0.25) is 10.0 Å². The van der Waals surface area contributed by atoms with Crippen LogP contribution in [0.4, 0.5) is 0 Å².